The van der Waals surface area contributed by atoms with Gasteiger partial charge in [0.15, 0.2) is 0 Å². The zero-order chi connectivity index (χ0) is 11.7. The lowest BCUT2D eigenvalue weighted by molar-refractivity contribution is 0.105. The minimum atomic E-state index is 0.107. The lowest BCUT2D eigenvalue weighted by atomic mass is 9.90. The summed E-state index contributed by atoms with van der Waals surface area (Å²) in [6.45, 7) is 4.41. The monoisotopic (exact) mass is 283 g/mol. The summed E-state index contributed by atoms with van der Waals surface area (Å²) in [6.07, 6.45) is 2.30. The Labute approximate surface area is 105 Å². The number of nitrogens with two attached hydrogens (primary N) is 1. The third kappa shape index (κ3) is 2.25. The summed E-state index contributed by atoms with van der Waals surface area (Å²) in [5.41, 5.74) is 7.31. The Bertz CT molecular complexity index is 380. The molecule has 3 atom stereocenters. The van der Waals surface area contributed by atoms with Crippen molar-refractivity contribution in [2.24, 2.45) is 11.7 Å². The van der Waals surface area contributed by atoms with E-state index in [0.717, 1.165) is 28.6 Å². The minimum Gasteiger partial charge on any atom is -0.490 e. The molecule has 16 heavy (non-hydrogen) atoms. The largest absolute Gasteiger partial charge is 0.490 e. The van der Waals surface area contributed by atoms with Gasteiger partial charge in [0.2, 0.25) is 0 Å². The fourth-order valence-electron chi connectivity index (χ4n) is 2.12. The zero-order valence-electron chi connectivity index (χ0n) is 9.74. The summed E-state index contributed by atoms with van der Waals surface area (Å²) >= 11 is 3.46. The molecular weight excluding hydrogens is 266 g/mol. The van der Waals surface area contributed by atoms with Gasteiger partial charge in [-0.3, -0.25) is 0 Å². The van der Waals surface area contributed by atoms with Gasteiger partial charge in [-0.1, -0.05) is 42.3 Å². The molecule has 2 N–H and O–H groups in total. The van der Waals surface area contributed by atoms with Crippen LogP contribution in [0.2, 0.25) is 0 Å². The molecular formula is C13H18BrNO. The maximum Gasteiger partial charge on any atom is 0.125 e. The molecule has 0 radical (unpaired) electrons. The third-order valence-electron chi connectivity index (χ3n) is 3.42. The van der Waals surface area contributed by atoms with Crippen LogP contribution in [-0.2, 0) is 0 Å². The van der Waals surface area contributed by atoms with Crippen LogP contribution in [0.5, 0.6) is 5.75 Å². The molecule has 1 aromatic rings. The number of ether oxygens (including phenoxy) is 1. The molecule has 2 rings (SSSR count). The minimum absolute atomic E-state index is 0.107. The highest BCUT2D eigenvalue weighted by atomic mass is 79.9. The fraction of sp³-hybridized carbons (Fsp3) is 0.538. The van der Waals surface area contributed by atoms with Crippen LogP contribution in [0.4, 0.5) is 0 Å². The average Bonchev–Trinajstić information content (AvgIpc) is 2.27. The first-order valence-corrected chi connectivity index (χ1v) is 6.62. The smallest absolute Gasteiger partial charge is 0.125 e. The number of hydrogen-bond donors (Lipinski definition) is 1. The van der Waals surface area contributed by atoms with E-state index in [4.69, 9.17) is 10.5 Å². The standard InChI is InChI=1S/C13H18BrNO/c1-3-8(2)12-7-11(15)10-5-4-9(14)6-13(10)16-12/h4-6,8,11-12H,3,7,15H2,1-2H3. The van der Waals surface area contributed by atoms with Gasteiger partial charge in [0.05, 0.1) is 0 Å². The Kier molecular flexibility index (Phi) is 3.55. The fourth-order valence-corrected chi connectivity index (χ4v) is 2.46. The Morgan fingerprint density at radius 2 is 2.31 bits per heavy atom. The Morgan fingerprint density at radius 1 is 1.56 bits per heavy atom. The van der Waals surface area contributed by atoms with Gasteiger partial charge in [-0.05, 0) is 18.1 Å². The van der Waals surface area contributed by atoms with Crippen LogP contribution in [0.1, 0.15) is 38.3 Å². The predicted molar refractivity (Wildman–Crippen MR) is 69.6 cm³/mol. The van der Waals surface area contributed by atoms with Gasteiger partial charge in [0.1, 0.15) is 11.9 Å². The van der Waals surface area contributed by atoms with E-state index in [1.807, 2.05) is 12.1 Å². The molecule has 1 aromatic carbocycles. The lowest BCUT2D eigenvalue weighted by Crippen LogP contribution is -2.34. The average molecular weight is 284 g/mol. The van der Waals surface area contributed by atoms with Gasteiger partial charge < -0.3 is 10.5 Å². The molecule has 0 fully saturated rings. The topological polar surface area (TPSA) is 35.2 Å². The van der Waals surface area contributed by atoms with Crippen molar-refractivity contribution in [3.05, 3.63) is 28.2 Å². The van der Waals surface area contributed by atoms with E-state index in [0.29, 0.717) is 5.92 Å². The van der Waals surface area contributed by atoms with Crippen molar-refractivity contribution in [3.63, 3.8) is 0 Å². The van der Waals surface area contributed by atoms with Crippen LogP contribution in [0.25, 0.3) is 0 Å². The lowest BCUT2D eigenvalue weighted by Gasteiger charge is -2.33. The van der Waals surface area contributed by atoms with E-state index < -0.39 is 0 Å². The molecule has 88 valence electrons. The van der Waals surface area contributed by atoms with Crippen molar-refractivity contribution >= 4 is 15.9 Å². The highest BCUT2D eigenvalue weighted by Crippen LogP contribution is 2.37. The summed E-state index contributed by atoms with van der Waals surface area (Å²) in [4.78, 5) is 0. The summed E-state index contributed by atoms with van der Waals surface area (Å²) in [5, 5.41) is 0. The molecule has 3 unspecified atom stereocenters. The molecule has 0 bridgehead atoms. The van der Waals surface area contributed by atoms with Crippen molar-refractivity contribution in [1.82, 2.24) is 0 Å². The molecule has 1 aliphatic heterocycles. The molecule has 0 aliphatic carbocycles. The highest BCUT2D eigenvalue weighted by molar-refractivity contribution is 9.10. The van der Waals surface area contributed by atoms with Gasteiger partial charge in [-0.2, -0.15) is 0 Å². The van der Waals surface area contributed by atoms with Crippen molar-refractivity contribution in [2.75, 3.05) is 0 Å². The summed E-state index contributed by atoms with van der Waals surface area (Å²) in [6, 6.07) is 6.20. The molecule has 1 heterocycles. The summed E-state index contributed by atoms with van der Waals surface area (Å²) < 4.78 is 7.07. The summed E-state index contributed by atoms with van der Waals surface area (Å²) in [7, 11) is 0. The van der Waals surface area contributed by atoms with E-state index in [-0.39, 0.29) is 12.1 Å². The molecule has 0 amide bonds. The quantitative estimate of drug-likeness (QED) is 0.899. The van der Waals surface area contributed by atoms with Crippen molar-refractivity contribution in [1.29, 1.82) is 0 Å². The van der Waals surface area contributed by atoms with E-state index in [9.17, 15) is 0 Å². The SMILES string of the molecule is CCC(C)C1CC(N)c2ccc(Br)cc2O1. The normalized spacial score (nSPS) is 25.8. The van der Waals surface area contributed by atoms with Crippen LogP contribution >= 0.6 is 15.9 Å². The predicted octanol–water partition coefficient (Wildman–Crippen LogP) is 3.65. The number of benzene rings is 1. The van der Waals surface area contributed by atoms with E-state index in [2.05, 4.69) is 35.8 Å². The molecule has 2 nitrogen and oxygen atoms in total. The maximum atomic E-state index is 6.18. The number of hydrogen-bond acceptors (Lipinski definition) is 2. The van der Waals surface area contributed by atoms with Gasteiger partial charge in [-0.25, -0.2) is 0 Å². The zero-order valence-corrected chi connectivity index (χ0v) is 11.3. The molecule has 0 spiro atoms. The third-order valence-corrected chi connectivity index (χ3v) is 3.91. The molecule has 3 heteroatoms. The first-order chi connectivity index (χ1) is 7.61. The van der Waals surface area contributed by atoms with E-state index >= 15 is 0 Å². The molecule has 0 saturated heterocycles. The van der Waals surface area contributed by atoms with Gasteiger partial charge in [0, 0.05) is 22.5 Å². The van der Waals surface area contributed by atoms with Crippen molar-refractivity contribution in [3.8, 4) is 5.75 Å². The van der Waals surface area contributed by atoms with Crippen LogP contribution in [0.15, 0.2) is 22.7 Å². The maximum absolute atomic E-state index is 6.18. The molecule has 0 aromatic heterocycles. The van der Waals surface area contributed by atoms with Gasteiger partial charge in [-0.15, -0.1) is 0 Å². The van der Waals surface area contributed by atoms with Crippen molar-refractivity contribution in [2.45, 2.75) is 38.8 Å². The van der Waals surface area contributed by atoms with Crippen LogP contribution in [0, 0.1) is 5.92 Å². The Balaban J connectivity index is 2.27. The van der Waals surface area contributed by atoms with Crippen molar-refractivity contribution < 1.29 is 4.74 Å². The number of halogens is 1. The second-order valence-corrected chi connectivity index (χ2v) is 5.48. The van der Waals surface area contributed by atoms with Crippen LogP contribution in [-0.4, -0.2) is 6.10 Å². The van der Waals surface area contributed by atoms with Gasteiger partial charge in [0.25, 0.3) is 0 Å². The van der Waals surface area contributed by atoms with Crippen LogP contribution < -0.4 is 10.5 Å². The first kappa shape index (κ1) is 11.9. The van der Waals surface area contributed by atoms with Gasteiger partial charge >= 0.3 is 0 Å². The molecule has 1 aliphatic rings. The Hall–Kier alpha value is -0.540. The molecule has 0 saturated carbocycles. The number of rotatable bonds is 2. The first-order valence-electron chi connectivity index (χ1n) is 5.83. The second kappa shape index (κ2) is 4.76. The second-order valence-electron chi connectivity index (χ2n) is 4.57. The van der Waals surface area contributed by atoms with E-state index in [1.54, 1.807) is 0 Å². The van der Waals surface area contributed by atoms with Crippen LogP contribution in [0.3, 0.4) is 0 Å². The van der Waals surface area contributed by atoms with E-state index in [1.165, 1.54) is 0 Å². The highest BCUT2D eigenvalue weighted by Gasteiger charge is 2.28. The number of fused-ring (bicyclic) bond motifs is 1. The summed E-state index contributed by atoms with van der Waals surface area (Å²) in [5.74, 6) is 1.50. The Morgan fingerprint density at radius 3 is 3.00 bits per heavy atom.